The van der Waals surface area contributed by atoms with E-state index in [0.29, 0.717) is 18.1 Å². The molecule has 0 spiro atoms. The number of benzene rings is 1. The molecule has 114 valence electrons. The Morgan fingerprint density at radius 1 is 1.27 bits per heavy atom. The largest absolute Gasteiger partial charge is 0.359 e. The average Bonchev–Trinajstić information content (AvgIpc) is 3.18. The van der Waals surface area contributed by atoms with E-state index < -0.39 is 0 Å². The SMILES string of the molecule is CNC(=O)Cc1ccc(-c2noc(C3(C)CC=CC3)n2)cc1. The van der Waals surface area contributed by atoms with Crippen LogP contribution in [0, 0.1) is 0 Å². The minimum Gasteiger partial charge on any atom is -0.359 e. The van der Waals surface area contributed by atoms with Gasteiger partial charge in [0, 0.05) is 12.6 Å². The van der Waals surface area contributed by atoms with Gasteiger partial charge in [-0.05, 0) is 18.4 Å². The van der Waals surface area contributed by atoms with Crippen LogP contribution in [-0.4, -0.2) is 23.1 Å². The molecule has 0 atom stereocenters. The molecule has 0 fully saturated rings. The Labute approximate surface area is 129 Å². The van der Waals surface area contributed by atoms with Crippen molar-refractivity contribution in [1.82, 2.24) is 15.5 Å². The van der Waals surface area contributed by atoms with Gasteiger partial charge in [-0.3, -0.25) is 4.79 Å². The fraction of sp³-hybridized carbons (Fsp3) is 0.353. The van der Waals surface area contributed by atoms with Crippen LogP contribution in [0.3, 0.4) is 0 Å². The molecular weight excluding hydrogens is 278 g/mol. The maximum atomic E-state index is 11.4. The molecule has 3 rings (SSSR count). The lowest BCUT2D eigenvalue weighted by Gasteiger charge is -2.17. The van der Waals surface area contributed by atoms with Crippen LogP contribution in [0.15, 0.2) is 40.9 Å². The van der Waals surface area contributed by atoms with Gasteiger partial charge in [0.15, 0.2) is 0 Å². The van der Waals surface area contributed by atoms with Gasteiger partial charge in [-0.1, -0.05) is 48.5 Å². The minimum atomic E-state index is -0.0790. The van der Waals surface area contributed by atoms with E-state index in [1.165, 1.54) is 0 Å². The predicted octanol–water partition coefficient (Wildman–Crippen LogP) is 2.63. The van der Waals surface area contributed by atoms with Crippen molar-refractivity contribution in [3.05, 3.63) is 47.9 Å². The molecule has 5 nitrogen and oxygen atoms in total. The number of aromatic nitrogens is 2. The molecule has 0 bridgehead atoms. The number of likely N-dealkylation sites (N-methyl/N-ethyl adjacent to an activating group) is 1. The highest BCUT2D eigenvalue weighted by Crippen LogP contribution is 2.36. The van der Waals surface area contributed by atoms with Crippen LogP contribution in [0.4, 0.5) is 0 Å². The maximum Gasteiger partial charge on any atom is 0.233 e. The summed E-state index contributed by atoms with van der Waals surface area (Å²) in [5.41, 5.74) is 1.77. The van der Waals surface area contributed by atoms with Crippen molar-refractivity contribution >= 4 is 5.91 Å². The Morgan fingerprint density at radius 2 is 1.95 bits per heavy atom. The molecule has 1 N–H and O–H groups in total. The van der Waals surface area contributed by atoms with Crippen molar-refractivity contribution < 1.29 is 9.32 Å². The number of nitrogens with zero attached hydrogens (tertiary/aromatic N) is 2. The number of hydrogen-bond donors (Lipinski definition) is 1. The van der Waals surface area contributed by atoms with Gasteiger partial charge in [-0.15, -0.1) is 0 Å². The summed E-state index contributed by atoms with van der Waals surface area (Å²) in [6.07, 6.45) is 6.53. The smallest absolute Gasteiger partial charge is 0.233 e. The second-order valence-corrected chi connectivity index (χ2v) is 5.91. The van der Waals surface area contributed by atoms with E-state index in [4.69, 9.17) is 4.52 Å². The normalized spacial score (nSPS) is 15.9. The number of hydrogen-bond acceptors (Lipinski definition) is 4. The van der Waals surface area contributed by atoms with E-state index in [2.05, 4.69) is 34.5 Å². The number of carbonyl (C=O) groups is 1. The van der Waals surface area contributed by atoms with Crippen molar-refractivity contribution in [1.29, 1.82) is 0 Å². The second kappa shape index (κ2) is 5.75. The molecule has 0 saturated carbocycles. The molecule has 1 heterocycles. The molecule has 0 saturated heterocycles. The Balaban J connectivity index is 1.77. The van der Waals surface area contributed by atoms with Crippen molar-refractivity contribution in [3.8, 4) is 11.4 Å². The minimum absolute atomic E-state index is 0.00347. The lowest BCUT2D eigenvalue weighted by Crippen LogP contribution is -2.19. The van der Waals surface area contributed by atoms with Crippen LogP contribution < -0.4 is 5.32 Å². The van der Waals surface area contributed by atoms with Crippen molar-refractivity contribution in [3.63, 3.8) is 0 Å². The maximum absolute atomic E-state index is 11.4. The van der Waals surface area contributed by atoms with Gasteiger partial charge in [0.05, 0.1) is 11.8 Å². The highest BCUT2D eigenvalue weighted by molar-refractivity contribution is 5.78. The van der Waals surface area contributed by atoms with Crippen molar-refractivity contribution in [2.45, 2.75) is 31.6 Å². The van der Waals surface area contributed by atoms with Crippen molar-refractivity contribution in [2.75, 3.05) is 7.05 Å². The van der Waals surface area contributed by atoms with Crippen LogP contribution in [0.25, 0.3) is 11.4 Å². The monoisotopic (exact) mass is 297 g/mol. The van der Waals surface area contributed by atoms with Gasteiger partial charge in [-0.25, -0.2) is 0 Å². The molecule has 1 aromatic carbocycles. The molecule has 1 amide bonds. The van der Waals surface area contributed by atoms with Crippen molar-refractivity contribution in [2.24, 2.45) is 0 Å². The first-order chi connectivity index (χ1) is 10.6. The highest BCUT2D eigenvalue weighted by Gasteiger charge is 2.33. The number of nitrogens with one attached hydrogen (secondary N) is 1. The Kier molecular flexibility index (Phi) is 3.79. The van der Waals surface area contributed by atoms with Crippen LogP contribution in [0.2, 0.25) is 0 Å². The fourth-order valence-corrected chi connectivity index (χ4v) is 2.58. The molecule has 1 aliphatic rings. The average molecular weight is 297 g/mol. The molecule has 1 aromatic heterocycles. The molecule has 0 radical (unpaired) electrons. The van der Waals surface area contributed by atoms with E-state index in [-0.39, 0.29) is 11.3 Å². The third-order valence-electron chi connectivity index (χ3n) is 4.10. The highest BCUT2D eigenvalue weighted by atomic mass is 16.5. The van der Waals surface area contributed by atoms with Gasteiger partial charge < -0.3 is 9.84 Å². The summed E-state index contributed by atoms with van der Waals surface area (Å²) in [4.78, 5) is 15.9. The van der Waals surface area contributed by atoms with Gasteiger partial charge in [0.2, 0.25) is 17.6 Å². The number of amides is 1. The fourth-order valence-electron chi connectivity index (χ4n) is 2.58. The van der Waals surface area contributed by atoms with Crippen LogP contribution in [0.1, 0.15) is 31.2 Å². The molecule has 22 heavy (non-hydrogen) atoms. The van der Waals surface area contributed by atoms with Crippen LogP contribution >= 0.6 is 0 Å². The summed E-state index contributed by atoms with van der Waals surface area (Å²) in [6.45, 7) is 2.14. The molecule has 0 aliphatic heterocycles. The van der Waals surface area contributed by atoms with E-state index in [1.54, 1.807) is 7.05 Å². The molecular formula is C17H19N3O2. The van der Waals surface area contributed by atoms with E-state index in [9.17, 15) is 4.79 Å². The number of rotatable bonds is 4. The summed E-state index contributed by atoms with van der Waals surface area (Å²) in [5, 5.41) is 6.70. The zero-order chi connectivity index (χ0) is 15.6. The third kappa shape index (κ3) is 2.79. The summed E-state index contributed by atoms with van der Waals surface area (Å²) >= 11 is 0. The lowest BCUT2D eigenvalue weighted by molar-refractivity contribution is -0.119. The summed E-state index contributed by atoms with van der Waals surface area (Å²) < 4.78 is 5.45. The van der Waals surface area contributed by atoms with Crippen LogP contribution in [0.5, 0.6) is 0 Å². The standard InChI is InChI=1S/C17H19N3O2/c1-17(9-3-4-10-17)16-19-15(20-22-16)13-7-5-12(6-8-13)11-14(21)18-2/h3-8H,9-11H2,1-2H3,(H,18,21). The first-order valence-electron chi connectivity index (χ1n) is 7.40. The van der Waals surface area contributed by atoms with Crippen LogP contribution in [-0.2, 0) is 16.6 Å². The van der Waals surface area contributed by atoms with E-state index in [0.717, 1.165) is 24.0 Å². The molecule has 1 aliphatic carbocycles. The predicted molar refractivity (Wildman–Crippen MR) is 83.2 cm³/mol. The first kappa shape index (κ1) is 14.5. The summed E-state index contributed by atoms with van der Waals surface area (Å²) in [6, 6.07) is 7.67. The van der Waals surface area contributed by atoms with Gasteiger partial charge in [0.25, 0.3) is 0 Å². The van der Waals surface area contributed by atoms with E-state index >= 15 is 0 Å². The lowest BCUT2D eigenvalue weighted by atomic mass is 9.88. The number of allylic oxidation sites excluding steroid dienone is 2. The third-order valence-corrected chi connectivity index (χ3v) is 4.10. The summed E-state index contributed by atoms with van der Waals surface area (Å²) in [7, 11) is 1.63. The van der Waals surface area contributed by atoms with Gasteiger partial charge in [0.1, 0.15) is 0 Å². The second-order valence-electron chi connectivity index (χ2n) is 5.91. The zero-order valence-corrected chi connectivity index (χ0v) is 12.8. The van der Waals surface area contributed by atoms with Gasteiger partial charge >= 0.3 is 0 Å². The topological polar surface area (TPSA) is 68.0 Å². The molecule has 0 unspecified atom stereocenters. The van der Waals surface area contributed by atoms with E-state index in [1.807, 2.05) is 24.3 Å². The Morgan fingerprint density at radius 3 is 2.59 bits per heavy atom. The van der Waals surface area contributed by atoms with Gasteiger partial charge in [-0.2, -0.15) is 4.98 Å². The zero-order valence-electron chi connectivity index (χ0n) is 12.8. The first-order valence-corrected chi connectivity index (χ1v) is 7.40. The summed E-state index contributed by atoms with van der Waals surface area (Å²) in [5.74, 6) is 1.27. The Bertz CT molecular complexity index is 693. The Hall–Kier alpha value is -2.43. The molecule has 5 heteroatoms. The molecule has 2 aromatic rings. The number of carbonyl (C=O) groups excluding carboxylic acids is 1. The quantitative estimate of drug-likeness (QED) is 0.881.